The number of ether oxygens (including phenoxy) is 3. The Morgan fingerprint density at radius 1 is 0.883 bits per heavy atom. The third-order valence-corrected chi connectivity index (χ3v) is 12.5. The van der Waals surface area contributed by atoms with Crippen molar-refractivity contribution >= 4 is 43.4 Å². The minimum atomic E-state index is -4.38. The van der Waals surface area contributed by atoms with Crippen molar-refractivity contribution in [3.05, 3.63) is 96.1 Å². The molecule has 0 saturated heterocycles. The van der Waals surface area contributed by atoms with Gasteiger partial charge in [-0.25, -0.2) is 26.5 Å². The molecule has 20 heteroatoms. The van der Waals surface area contributed by atoms with E-state index in [0.717, 1.165) is 17.8 Å². The lowest BCUT2D eigenvalue weighted by molar-refractivity contribution is -0.139. The monoisotopic (exact) mass is 869 g/mol. The van der Waals surface area contributed by atoms with Crippen LogP contribution >= 0.6 is 0 Å². The van der Waals surface area contributed by atoms with E-state index in [1.54, 1.807) is 48.6 Å². The minimum Gasteiger partial charge on any atom is -0.480 e. The van der Waals surface area contributed by atoms with Gasteiger partial charge in [0.25, 0.3) is 0 Å². The van der Waals surface area contributed by atoms with Crippen LogP contribution < -0.4 is 25.4 Å². The number of benzene rings is 3. The normalized spacial score (nSPS) is 14.8. The van der Waals surface area contributed by atoms with Crippen LogP contribution in [0.15, 0.2) is 88.9 Å². The Morgan fingerprint density at radius 2 is 1.48 bits per heavy atom. The van der Waals surface area contributed by atoms with Gasteiger partial charge in [-0.2, -0.15) is 4.72 Å². The van der Waals surface area contributed by atoms with Gasteiger partial charge in [0.15, 0.2) is 5.78 Å². The lowest BCUT2D eigenvalue weighted by Crippen LogP contribution is -2.54. The van der Waals surface area contributed by atoms with Crippen LogP contribution in [0, 0.1) is 0 Å². The molecule has 0 saturated carbocycles. The Labute approximate surface area is 349 Å². The maximum atomic E-state index is 13.3. The zero-order chi connectivity index (χ0) is 43.1. The van der Waals surface area contributed by atoms with Crippen molar-refractivity contribution in [1.29, 1.82) is 0 Å². The minimum absolute atomic E-state index is 0.0475. The smallest absolute Gasteiger partial charge is 0.323 e. The number of carbonyl (C=O) groups excluding carboxylic acids is 2. The van der Waals surface area contributed by atoms with E-state index >= 15 is 0 Å². The number of rotatable bonds is 25. The SMILES string of the molecule is CN1c2cc(Cc3ncc[nH]3)ccc2C(=O)CC1C(=O)NCC(NS(=O)(=O)c1ccc(-c2ccc(S(=O)(=O)NCCCOCCOCCOCCCN)cc2)cc1)C(=O)O. The molecule has 1 aliphatic rings. The number of carbonyl (C=O) groups is 3. The van der Waals surface area contributed by atoms with Crippen molar-refractivity contribution in [3.63, 3.8) is 0 Å². The number of carboxylic acid groups (broad SMARTS) is 1. The van der Waals surface area contributed by atoms with Crippen LogP contribution in [-0.4, -0.2) is 128 Å². The Balaban J connectivity index is 1.08. The number of ketones is 1. The van der Waals surface area contributed by atoms with Crippen molar-refractivity contribution in [3.8, 4) is 11.1 Å². The molecule has 0 aliphatic carbocycles. The first-order valence-electron chi connectivity index (χ1n) is 19.3. The van der Waals surface area contributed by atoms with Gasteiger partial charge >= 0.3 is 5.97 Å². The third kappa shape index (κ3) is 13.0. The molecule has 7 N–H and O–H groups in total. The summed E-state index contributed by atoms with van der Waals surface area (Å²) in [6, 6.07) is 14.3. The summed E-state index contributed by atoms with van der Waals surface area (Å²) in [4.78, 5) is 47.2. The second-order valence-corrected chi connectivity index (χ2v) is 17.3. The molecular weight excluding hydrogens is 819 g/mol. The molecule has 5 rings (SSSR count). The fourth-order valence-corrected chi connectivity index (χ4v) is 8.52. The largest absolute Gasteiger partial charge is 0.480 e. The van der Waals surface area contributed by atoms with Crippen molar-refractivity contribution < 1.29 is 50.5 Å². The average molecular weight is 870 g/mol. The quantitative estimate of drug-likeness (QED) is 0.0518. The highest BCUT2D eigenvalue weighted by Crippen LogP contribution is 2.31. The number of hydrogen-bond donors (Lipinski definition) is 6. The number of likely N-dealkylation sites (N-methyl/N-ethyl adjacent to an activating group) is 1. The number of nitrogens with zero attached hydrogens (tertiary/aromatic N) is 2. The first kappa shape index (κ1) is 46.0. The van der Waals surface area contributed by atoms with Crippen LogP contribution in [0.4, 0.5) is 5.69 Å². The van der Waals surface area contributed by atoms with E-state index in [9.17, 15) is 36.3 Å². The Hall–Kier alpha value is -5.06. The van der Waals surface area contributed by atoms with Gasteiger partial charge in [0.05, 0.1) is 36.2 Å². The Bertz CT molecular complexity index is 2260. The van der Waals surface area contributed by atoms with Gasteiger partial charge in [0.2, 0.25) is 26.0 Å². The summed E-state index contributed by atoms with van der Waals surface area (Å²) in [5.74, 6) is -1.69. The second kappa shape index (κ2) is 22.0. The Morgan fingerprint density at radius 3 is 2.07 bits per heavy atom. The molecule has 0 bridgehead atoms. The number of H-pyrrole nitrogens is 1. The molecule has 60 heavy (non-hydrogen) atoms. The number of nitrogens with one attached hydrogen (secondary N) is 4. The predicted molar refractivity (Wildman–Crippen MR) is 222 cm³/mol. The van der Waals surface area contributed by atoms with Crippen LogP contribution in [0.5, 0.6) is 0 Å². The van der Waals surface area contributed by atoms with Gasteiger partial charge in [-0.05, 0) is 72.5 Å². The summed E-state index contributed by atoms with van der Waals surface area (Å²) < 4.78 is 73.1. The molecule has 18 nitrogen and oxygen atoms in total. The lowest BCUT2D eigenvalue weighted by atomic mass is 9.92. The number of aromatic amines is 1. The van der Waals surface area contributed by atoms with Crippen LogP contribution in [-0.2, 0) is 50.3 Å². The molecule has 1 aromatic heterocycles. The molecule has 4 aromatic rings. The number of aromatic nitrogens is 2. The first-order valence-corrected chi connectivity index (χ1v) is 22.3. The zero-order valence-electron chi connectivity index (χ0n) is 33.2. The highest BCUT2D eigenvalue weighted by molar-refractivity contribution is 7.89. The van der Waals surface area contributed by atoms with E-state index in [-0.39, 0.29) is 28.5 Å². The van der Waals surface area contributed by atoms with Gasteiger partial charge in [0, 0.05) is 69.8 Å². The topological polar surface area (TPSA) is 261 Å². The van der Waals surface area contributed by atoms with Crippen LogP contribution in [0.3, 0.4) is 0 Å². The molecule has 2 heterocycles. The number of Topliss-reactive ketones (excluding diaryl/α,β-unsaturated/α-hetero) is 1. The van der Waals surface area contributed by atoms with Crippen molar-refractivity contribution in [2.75, 3.05) is 71.2 Å². The molecule has 0 radical (unpaired) electrons. The summed E-state index contributed by atoms with van der Waals surface area (Å²) in [5, 5.41) is 12.4. The van der Waals surface area contributed by atoms with E-state index in [0.29, 0.717) is 81.4 Å². The number of imidazole rings is 1. The highest BCUT2D eigenvalue weighted by atomic mass is 32.2. The fraction of sp³-hybridized carbons (Fsp3) is 0.400. The molecule has 1 aliphatic heterocycles. The van der Waals surface area contributed by atoms with E-state index in [2.05, 4.69) is 24.7 Å². The zero-order valence-corrected chi connectivity index (χ0v) is 34.8. The summed E-state index contributed by atoms with van der Waals surface area (Å²) >= 11 is 0. The molecule has 2 atom stereocenters. The number of amides is 1. The second-order valence-electron chi connectivity index (χ2n) is 13.9. The van der Waals surface area contributed by atoms with Gasteiger partial charge in [0.1, 0.15) is 17.9 Å². The number of hydrogen-bond acceptors (Lipinski definition) is 13. The molecule has 0 spiro atoms. The summed E-state index contributed by atoms with van der Waals surface area (Å²) in [6.07, 6.45) is 4.92. The number of nitrogens with two attached hydrogens (primary N) is 1. The third-order valence-electron chi connectivity index (χ3n) is 9.55. The molecule has 0 fully saturated rings. The van der Waals surface area contributed by atoms with Gasteiger partial charge in [-0.15, -0.1) is 0 Å². The summed E-state index contributed by atoms with van der Waals surface area (Å²) in [5.41, 5.74) is 8.44. The fourth-order valence-electron chi connectivity index (χ4n) is 6.26. The summed E-state index contributed by atoms with van der Waals surface area (Å²) in [7, 11) is -6.52. The van der Waals surface area contributed by atoms with E-state index in [1.807, 2.05) is 6.07 Å². The van der Waals surface area contributed by atoms with Gasteiger partial charge in [-0.3, -0.25) is 14.4 Å². The molecule has 2 unspecified atom stereocenters. The average Bonchev–Trinajstić information content (AvgIpc) is 3.75. The first-order chi connectivity index (χ1) is 28.8. The summed E-state index contributed by atoms with van der Waals surface area (Å²) in [6.45, 7) is 2.82. The van der Waals surface area contributed by atoms with E-state index < -0.39 is 50.6 Å². The number of aliphatic carboxylic acids is 1. The van der Waals surface area contributed by atoms with E-state index in [4.69, 9.17) is 19.9 Å². The maximum Gasteiger partial charge on any atom is 0.323 e. The molecular formula is C40H51N7O11S2. The van der Waals surface area contributed by atoms with Crippen LogP contribution in [0.25, 0.3) is 11.1 Å². The van der Waals surface area contributed by atoms with Crippen molar-refractivity contribution in [2.24, 2.45) is 5.73 Å². The van der Waals surface area contributed by atoms with Gasteiger partial charge in [-0.1, -0.05) is 30.3 Å². The van der Waals surface area contributed by atoms with Crippen LogP contribution in [0.2, 0.25) is 0 Å². The molecule has 324 valence electrons. The Kier molecular flexibility index (Phi) is 16.9. The lowest BCUT2D eigenvalue weighted by Gasteiger charge is -2.34. The van der Waals surface area contributed by atoms with Gasteiger partial charge < -0.3 is 40.3 Å². The number of anilines is 1. The standard InChI is InChI=1S/C40H51N7O11S2/c1-47-35-24-28(25-38-42-16-17-43-38)4-13-33(35)37(48)26-36(47)39(49)44-27-34(40(50)51)46-60(54,55)32-11-7-30(8-12-32)29-5-9-31(10-6-29)59(52,53)45-15-3-19-57-21-23-58-22-20-56-18-2-14-41/h4-13,16-17,24,34,36,45-46H,2-3,14-15,18-23,25-27,41H2,1H3,(H,42,43)(H,44,49)(H,50,51). The maximum absolute atomic E-state index is 13.3. The highest BCUT2D eigenvalue weighted by Gasteiger charge is 2.35. The number of sulfonamides is 2. The predicted octanol–water partition coefficient (Wildman–Crippen LogP) is 1.67. The van der Waals surface area contributed by atoms with Crippen LogP contribution in [0.1, 0.15) is 41.0 Å². The number of carboxylic acids is 1. The molecule has 1 amide bonds. The van der Waals surface area contributed by atoms with Crippen molar-refractivity contribution in [1.82, 2.24) is 24.7 Å². The number of fused-ring (bicyclic) bond motifs is 1. The van der Waals surface area contributed by atoms with Crippen molar-refractivity contribution in [2.45, 2.75) is 47.6 Å². The van der Waals surface area contributed by atoms with E-state index in [1.165, 1.54) is 36.4 Å². The molecule has 3 aromatic carbocycles.